The molecule has 6 nitrogen and oxygen atoms in total. The quantitative estimate of drug-likeness (QED) is 0.381. The number of carbonyl (C=O) groups excluding carboxylic acids is 1. The molecule has 1 aromatic carbocycles. The summed E-state index contributed by atoms with van der Waals surface area (Å²) in [5, 5.41) is 10.6. The number of ketones is 1. The van der Waals surface area contributed by atoms with Crippen LogP contribution < -0.4 is 5.73 Å². The van der Waals surface area contributed by atoms with E-state index in [1.54, 1.807) is 12.1 Å². The van der Waals surface area contributed by atoms with Gasteiger partial charge in [0.1, 0.15) is 11.9 Å². The van der Waals surface area contributed by atoms with Crippen molar-refractivity contribution in [2.24, 2.45) is 7.05 Å². The summed E-state index contributed by atoms with van der Waals surface area (Å²) in [5.74, 6) is -0.0307. The van der Waals surface area contributed by atoms with Gasteiger partial charge in [0.2, 0.25) is 0 Å². The van der Waals surface area contributed by atoms with Crippen molar-refractivity contribution in [3.05, 3.63) is 23.4 Å². The van der Waals surface area contributed by atoms with E-state index >= 15 is 0 Å². The van der Waals surface area contributed by atoms with Crippen LogP contribution in [0, 0.1) is 0 Å². The Morgan fingerprint density at radius 3 is 2.76 bits per heavy atom. The number of phenols is 1. The highest BCUT2D eigenvalue weighted by Crippen LogP contribution is 2.35. The van der Waals surface area contributed by atoms with Gasteiger partial charge >= 0.3 is 0 Å². The minimum Gasteiger partial charge on any atom is -0.506 e. The van der Waals surface area contributed by atoms with E-state index in [9.17, 15) is 9.90 Å². The van der Waals surface area contributed by atoms with E-state index in [-0.39, 0.29) is 17.6 Å². The second-order valence-corrected chi connectivity index (χ2v) is 5.73. The third-order valence-corrected chi connectivity index (χ3v) is 3.81. The van der Waals surface area contributed by atoms with Gasteiger partial charge in [0.25, 0.3) is 0 Å². The second kappa shape index (κ2) is 4.75. The summed E-state index contributed by atoms with van der Waals surface area (Å²) in [6.07, 6.45) is -0.351. The van der Waals surface area contributed by atoms with E-state index in [4.69, 9.17) is 10.5 Å². The Morgan fingerprint density at radius 1 is 1.52 bits per heavy atom. The van der Waals surface area contributed by atoms with E-state index < -0.39 is 0 Å². The lowest BCUT2D eigenvalue weighted by Crippen LogP contribution is -2.18. The van der Waals surface area contributed by atoms with Gasteiger partial charge in [-0.3, -0.25) is 4.79 Å². The van der Waals surface area contributed by atoms with Crippen molar-refractivity contribution in [3.63, 3.8) is 0 Å². The molecule has 0 aliphatic carbocycles. The first-order valence-electron chi connectivity index (χ1n) is 6.80. The van der Waals surface area contributed by atoms with Crippen molar-refractivity contribution >= 4 is 22.4 Å². The molecule has 0 bridgehead atoms. The summed E-state index contributed by atoms with van der Waals surface area (Å²) < 4.78 is 7.10. The number of Topliss-reactive ketones (excluding diaryl/α,β-unsaturated/α-hetero) is 1. The van der Waals surface area contributed by atoms with E-state index in [1.165, 1.54) is 0 Å². The monoisotopic (exact) mass is 289 g/mol. The van der Waals surface area contributed by atoms with E-state index in [2.05, 4.69) is 0 Å². The maximum Gasteiger partial charge on any atom is 0.196 e. The van der Waals surface area contributed by atoms with Gasteiger partial charge in [-0.1, -0.05) is 0 Å². The van der Waals surface area contributed by atoms with Gasteiger partial charge < -0.3 is 25.0 Å². The predicted molar refractivity (Wildman–Crippen MR) is 80.5 cm³/mol. The first kappa shape index (κ1) is 13.9. The maximum absolute atomic E-state index is 12.6. The third kappa shape index (κ3) is 2.26. The van der Waals surface area contributed by atoms with Crippen molar-refractivity contribution in [1.82, 2.24) is 9.47 Å². The summed E-state index contributed by atoms with van der Waals surface area (Å²) >= 11 is 0. The Kier molecular flexibility index (Phi) is 3.15. The molecule has 0 spiro atoms. The standard InChI is InChI=1S/C15H19N3O3/c1-17(2)6-11-14(15(20)13-7-21-13)8-4-12(19)9(16)5-10(8)18(11)3/h4-5,13,19H,6-7,16H2,1-3H3. The molecule has 1 unspecified atom stereocenters. The molecule has 1 atom stereocenters. The molecule has 2 aromatic rings. The van der Waals surface area contributed by atoms with Gasteiger partial charge in [0.15, 0.2) is 5.78 Å². The molecule has 2 heterocycles. The molecule has 6 heteroatoms. The molecular formula is C15H19N3O3. The van der Waals surface area contributed by atoms with Crippen molar-refractivity contribution in [2.75, 3.05) is 26.4 Å². The zero-order chi connectivity index (χ0) is 15.3. The van der Waals surface area contributed by atoms with Crippen molar-refractivity contribution in [3.8, 4) is 5.75 Å². The number of aromatic hydroxyl groups is 1. The van der Waals surface area contributed by atoms with Crippen LogP contribution in [-0.2, 0) is 18.3 Å². The number of nitrogens with two attached hydrogens (primary N) is 1. The van der Waals surface area contributed by atoms with E-state index in [1.807, 2.05) is 30.6 Å². The Hall–Kier alpha value is -2.05. The molecule has 112 valence electrons. The number of fused-ring (bicyclic) bond motifs is 1. The number of hydrogen-bond acceptors (Lipinski definition) is 5. The van der Waals surface area contributed by atoms with Crippen molar-refractivity contribution in [2.45, 2.75) is 12.6 Å². The number of epoxide rings is 1. The molecule has 0 saturated carbocycles. The molecule has 1 aliphatic rings. The first-order valence-corrected chi connectivity index (χ1v) is 6.80. The molecule has 1 fully saturated rings. The minimum absolute atomic E-state index is 0.00438. The van der Waals surface area contributed by atoms with Gasteiger partial charge in [-0.15, -0.1) is 0 Å². The Bertz CT molecular complexity index is 730. The molecule has 1 aromatic heterocycles. The molecule has 3 N–H and O–H groups in total. The lowest BCUT2D eigenvalue weighted by molar-refractivity contribution is 0.0953. The maximum atomic E-state index is 12.6. The van der Waals surface area contributed by atoms with Gasteiger partial charge in [0.05, 0.1) is 23.4 Å². The van der Waals surface area contributed by atoms with Gasteiger partial charge in [-0.2, -0.15) is 0 Å². The highest BCUT2D eigenvalue weighted by molar-refractivity contribution is 6.13. The minimum atomic E-state index is -0.351. The number of rotatable bonds is 4. The Labute approximate surface area is 122 Å². The number of ether oxygens (including phenoxy) is 1. The zero-order valence-corrected chi connectivity index (χ0v) is 12.4. The van der Waals surface area contributed by atoms with Crippen molar-refractivity contribution in [1.29, 1.82) is 0 Å². The lowest BCUT2D eigenvalue weighted by atomic mass is 10.0. The summed E-state index contributed by atoms with van der Waals surface area (Å²) in [6, 6.07) is 3.27. The third-order valence-electron chi connectivity index (χ3n) is 3.81. The van der Waals surface area contributed by atoms with Gasteiger partial charge in [-0.05, 0) is 26.2 Å². The summed E-state index contributed by atoms with van der Waals surface area (Å²) in [4.78, 5) is 14.6. The van der Waals surface area contributed by atoms with E-state index in [0.717, 1.165) is 16.6 Å². The highest BCUT2D eigenvalue weighted by atomic mass is 16.6. The summed E-state index contributed by atoms with van der Waals surface area (Å²) in [6.45, 7) is 1.09. The lowest BCUT2D eigenvalue weighted by Gasteiger charge is -2.12. The van der Waals surface area contributed by atoms with Crippen LogP contribution in [0.3, 0.4) is 0 Å². The number of nitrogens with zero attached hydrogens (tertiary/aromatic N) is 2. The molecule has 1 saturated heterocycles. The number of aryl methyl sites for hydroxylation is 1. The van der Waals surface area contributed by atoms with Gasteiger partial charge in [0, 0.05) is 24.7 Å². The predicted octanol–water partition coefficient (Wildman–Crippen LogP) is 1.11. The molecular weight excluding hydrogens is 270 g/mol. The molecule has 0 amide bonds. The number of aromatic nitrogens is 1. The largest absolute Gasteiger partial charge is 0.506 e. The van der Waals surface area contributed by atoms with Crippen LogP contribution in [0.2, 0.25) is 0 Å². The fourth-order valence-corrected chi connectivity index (χ4v) is 2.66. The van der Waals surface area contributed by atoms with E-state index in [0.29, 0.717) is 24.4 Å². The smallest absolute Gasteiger partial charge is 0.196 e. The van der Waals surface area contributed by atoms with Crippen LogP contribution >= 0.6 is 0 Å². The van der Waals surface area contributed by atoms with Crippen LogP contribution in [0.25, 0.3) is 10.9 Å². The van der Waals surface area contributed by atoms with Crippen LogP contribution in [0.5, 0.6) is 5.75 Å². The first-order chi connectivity index (χ1) is 9.90. The van der Waals surface area contributed by atoms with Crippen LogP contribution in [0.4, 0.5) is 5.69 Å². The SMILES string of the molecule is CN(C)Cc1c(C(=O)C2CO2)c2cc(O)c(N)cc2n1C. The van der Waals surface area contributed by atoms with Crippen molar-refractivity contribution < 1.29 is 14.6 Å². The number of hydrogen-bond donors (Lipinski definition) is 2. The number of benzene rings is 1. The number of phenolic OH excluding ortho intramolecular Hbond substituents is 1. The topological polar surface area (TPSA) is 84.0 Å². The molecule has 0 radical (unpaired) electrons. The molecule has 21 heavy (non-hydrogen) atoms. The zero-order valence-electron chi connectivity index (χ0n) is 12.4. The normalized spacial score (nSPS) is 17.6. The van der Waals surface area contributed by atoms with Crippen LogP contribution in [0.1, 0.15) is 16.1 Å². The summed E-state index contributed by atoms with van der Waals surface area (Å²) in [5.41, 5.74) is 8.45. The fraction of sp³-hybridized carbons (Fsp3) is 0.400. The van der Waals surface area contributed by atoms with Gasteiger partial charge in [-0.25, -0.2) is 0 Å². The Balaban J connectivity index is 2.28. The summed E-state index contributed by atoms with van der Waals surface area (Å²) in [7, 11) is 5.80. The Morgan fingerprint density at radius 2 is 2.19 bits per heavy atom. The van der Waals surface area contributed by atoms with Crippen LogP contribution in [-0.4, -0.2) is 47.2 Å². The molecule has 1 aliphatic heterocycles. The highest BCUT2D eigenvalue weighted by Gasteiger charge is 2.36. The second-order valence-electron chi connectivity index (χ2n) is 5.73. The average Bonchev–Trinajstić information content (AvgIpc) is 3.21. The fourth-order valence-electron chi connectivity index (χ4n) is 2.66. The molecule has 3 rings (SSSR count). The average molecular weight is 289 g/mol. The number of anilines is 1. The van der Waals surface area contributed by atoms with Crippen LogP contribution in [0.15, 0.2) is 12.1 Å². The number of carbonyl (C=O) groups is 1. The number of nitrogen functional groups attached to an aromatic ring is 1.